The first-order valence-corrected chi connectivity index (χ1v) is 6.56. The normalized spacial score (nSPS) is 12.2. The molecule has 1 aromatic heterocycles. The van der Waals surface area contributed by atoms with Crippen LogP contribution in [0.1, 0.15) is 12.2 Å². The number of ether oxygens (including phenoxy) is 1. The summed E-state index contributed by atoms with van der Waals surface area (Å²) >= 11 is 0. The third-order valence-electron chi connectivity index (χ3n) is 3.07. The molecule has 0 spiro atoms. The SMILES string of the molecule is COC(CNC(=O)CCc1nc2ccccc2[nH]1)C(=O)O. The molecule has 112 valence electrons. The molecule has 0 saturated heterocycles. The van der Waals surface area contributed by atoms with Crippen LogP contribution in [0.3, 0.4) is 0 Å². The number of carboxylic acids is 1. The van der Waals surface area contributed by atoms with Gasteiger partial charge in [-0.1, -0.05) is 12.1 Å². The summed E-state index contributed by atoms with van der Waals surface area (Å²) in [5.41, 5.74) is 1.79. The van der Waals surface area contributed by atoms with Crippen molar-refractivity contribution in [1.82, 2.24) is 15.3 Å². The molecule has 0 aliphatic rings. The number of amides is 1. The quantitative estimate of drug-likeness (QED) is 0.697. The Morgan fingerprint density at radius 2 is 2.19 bits per heavy atom. The van der Waals surface area contributed by atoms with Crippen LogP contribution in [0.15, 0.2) is 24.3 Å². The largest absolute Gasteiger partial charge is 0.479 e. The Morgan fingerprint density at radius 3 is 2.86 bits per heavy atom. The molecule has 1 unspecified atom stereocenters. The average Bonchev–Trinajstić information content (AvgIpc) is 2.88. The number of carboxylic acid groups (broad SMARTS) is 1. The van der Waals surface area contributed by atoms with Gasteiger partial charge in [0.05, 0.1) is 17.6 Å². The molecule has 1 amide bonds. The van der Waals surface area contributed by atoms with Crippen LogP contribution in [0.4, 0.5) is 0 Å². The molecule has 7 nitrogen and oxygen atoms in total. The van der Waals surface area contributed by atoms with E-state index in [-0.39, 0.29) is 18.9 Å². The fraction of sp³-hybridized carbons (Fsp3) is 0.357. The zero-order valence-corrected chi connectivity index (χ0v) is 11.6. The lowest BCUT2D eigenvalue weighted by Gasteiger charge is -2.11. The molecule has 1 aromatic carbocycles. The molecule has 1 atom stereocenters. The van der Waals surface area contributed by atoms with Gasteiger partial charge in [0, 0.05) is 20.0 Å². The second-order valence-corrected chi connectivity index (χ2v) is 4.57. The number of carbonyl (C=O) groups is 2. The van der Waals surface area contributed by atoms with Crippen LogP contribution >= 0.6 is 0 Å². The number of benzene rings is 1. The highest BCUT2D eigenvalue weighted by atomic mass is 16.5. The lowest BCUT2D eigenvalue weighted by atomic mass is 10.2. The number of hydrogen-bond donors (Lipinski definition) is 3. The van der Waals surface area contributed by atoms with Crippen molar-refractivity contribution in [2.24, 2.45) is 0 Å². The second-order valence-electron chi connectivity index (χ2n) is 4.57. The van der Waals surface area contributed by atoms with Gasteiger partial charge in [-0.25, -0.2) is 9.78 Å². The van der Waals surface area contributed by atoms with E-state index < -0.39 is 12.1 Å². The van der Waals surface area contributed by atoms with E-state index in [0.29, 0.717) is 6.42 Å². The van der Waals surface area contributed by atoms with Crippen LogP contribution in [0.25, 0.3) is 11.0 Å². The molecule has 0 aliphatic heterocycles. The molecule has 0 bridgehead atoms. The molecule has 2 aromatic rings. The number of H-pyrrole nitrogens is 1. The summed E-state index contributed by atoms with van der Waals surface area (Å²) in [5.74, 6) is -0.610. The first-order chi connectivity index (χ1) is 10.1. The van der Waals surface area contributed by atoms with E-state index in [2.05, 4.69) is 15.3 Å². The highest BCUT2D eigenvalue weighted by molar-refractivity contribution is 5.78. The number of hydrogen-bond acceptors (Lipinski definition) is 4. The number of nitrogens with one attached hydrogen (secondary N) is 2. The van der Waals surface area contributed by atoms with E-state index in [0.717, 1.165) is 16.9 Å². The topological polar surface area (TPSA) is 104 Å². The monoisotopic (exact) mass is 291 g/mol. The zero-order valence-electron chi connectivity index (χ0n) is 11.6. The first-order valence-electron chi connectivity index (χ1n) is 6.56. The van der Waals surface area contributed by atoms with Gasteiger partial charge in [-0.3, -0.25) is 4.79 Å². The van der Waals surface area contributed by atoms with Gasteiger partial charge in [0.1, 0.15) is 5.82 Å². The number of aliphatic carboxylic acids is 1. The van der Waals surface area contributed by atoms with Gasteiger partial charge in [-0.15, -0.1) is 0 Å². The molecular weight excluding hydrogens is 274 g/mol. The minimum Gasteiger partial charge on any atom is -0.479 e. The summed E-state index contributed by atoms with van der Waals surface area (Å²) in [6, 6.07) is 7.62. The van der Waals surface area contributed by atoms with E-state index in [9.17, 15) is 9.59 Å². The average molecular weight is 291 g/mol. The van der Waals surface area contributed by atoms with E-state index in [1.54, 1.807) is 0 Å². The Bertz CT molecular complexity index is 605. The highest BCUT2D eigenvalue weighted by Gasteiger charge is 2.17. The third kappa shape index (κ3) is 4.03. The second kappa shape index (κ2) is 6.85. The summed E-state index contributed by atoms with van der Waals surface area (Å²) in [7, 11) is 1.29. The third-order valence-corrected chi connectivity index (χ3v) is 3.07. The predicted octanol–water partition coefficient (Wildman–Crippen LogP) is 0.711. The van der Waals surface area contributed by atoms with Gasteiger partial charge in [0.2, 0.25) is 5.91 Å². The number of para-hydroxylation sites is 2. The molecule has 0 fully saturated rings. The minimum absolute atomic E-state index is 0.0508. The maximum atomic E-state index is 11.7. The fourth-order valence-electron chi connectivity index (χ4n) is 1.92. The fourth-order valence-corrected chi connectivity index (χ4v) is 1.92. The van der Waals surface area contributed by atoms with Gasteiger partial charge in [0.15, 0.2) is 6.10 Å². The lowest BCUT2D eigenvalue weighted by molar-refractivity contribution is -0.148. The lowest BCUT2D eigenvalue weighted by Crippen LogP contribution is -2.37. The van der Waals surface area contributed by atoms with Gasteiger partial charge in [-0.2, -0.15) is 0 Å². The summed E-state index contributed by atoms with van der Waals surface area (Å²) in [5, 5.41) is 11.3. The summed E-state index contributed by atoms with van der Waals surface area (Å²) in [4.78, 5) is 29.9. The number of rotatable bonds is 7. The van der Waals surface area contributed by atoms with E-state index >= 15 is 0 Å². The van der Waals surface area contributed by atoms with Gasteiger partial charge in [0.25, 0.3) is 0 Å². The van der Waals surface area contributed by atoms with Crippen LogP contribution in [0, 0.1) is 0 Å². The number of nitrogens with zero attached hydrogens (tertiary/aromatic N) is 1. The molecule has 7 heteroatoms. The number of fused-ring (bicyclic) bond motifs is 1. The number of aromatic nitrogens is 2. The maximum absolute atomic E-state index is 11.7. The van der Waals surface area contributed by atoms with E-state index in [1.165, 1.54) is 7.11 Å². The van der Waals surface area contributed by atoms with Crippen molar-refractivity contribution in [3.05, 3.63) is 30.1 Å². The van der Waals surface area contributed by atoms with Crippen LogP contribution in [0.2, 0.25) is 0 Å². The van der Waals surface area contributed by atoms with Crippen LogP contribution in [-0.4, -0.2) is 46.7 Å². The minimum atomic E-state index is -1.10. The number of aromatic amines is 1. The number of imidazole rings is 1. The van der Waals surface area contributed by atoms with Crippen molar-refractivity contribution in [2.75, 3.05) is 13.7 Å². The van der Waals surface area contributed by atoms with E-state index in [4.69, 9.17) is 9.84 Å². The Hall–Kier alpha value is -2.41. The van der Waals surface area contributed by atoms with Crippen molar-refractivity contribution < 1.29 is 19.4 Å². The smallest absolute Gasteiger partial charge is 0.334 e. The molecule has 2 rings (SSSR count). The van der Waals surface area contributed by atoms with Crippen molar-refractivity contribution >= 4 is 22.9 Å². The standard InChI is InChI=1S/C14H17N3O4/c1-21-11(14(19)20)8-15-13(18)7-6-12-16-9-4-2-3-5-10(9)17-12/h2-5,11H,6-8H2,1H3,(H,15,18)(H,16,17)(H,19,20). The zero-order chi connectivity index (χ0) is 15.2. The highest BCUT2D eigenvalue weighted by Crippen LogP contribution is 2.11. The maximum Gasteiger partial charge on any atom is 0.334 e. The first kappa shape index (κ1) is 15.0. The number of methoxy groups -OCH3 is 1. The number of carbonyl (C=O) groups excluding carboxylic acids is 1. The molecule has 21 heavy (non-hydrogen) atoms. The molecule has 0 aliphatic carbocycles. The van der Waals surface area contributed by atoms with E-state index in [1.807, 2.05) is 24.3 Å². The van der Waals surface area contributed by atoms with Gasteiger partial charge >= 0.3 is 5.97 Å². The molecule has 0 saturated carbocycles. The van der Waals surface area contributed by atoms with Crippen molar-refractivity contribution in [1.29, 1.82) is 0 Å². The van der Waals surface area contributed by atoms with Crippen LogP contribution in [-0.2, 0) is 20.7 Å². The van der Waals surface area contributed by atoms with Gasteiger partial charge < -0.3 is 20.1 Å². The Morgan fingerprint density at radius 1 is 1.43 bits per heavy atom. The molecule has 0 radical (unpaired) electrons. The Kier molecular flexibility index (Phi) is 4.89. The Balaban J connectivity index is 1.82. The van der Waals surface area contributed by atoms with Gasteiger partial charge in [-0.05, 0) is 12.1 Å². The van der Waals surface area contributed by atoms with Crippen molar-refractivity contribution in [2.45, 2.75) is 18.9 Å². The summed E-state index contributed by atoms with van der Waals surface area (Å²) in [6.07, 6.45) is -0.332. The number of aryl methyl sites for hydroxylation is 1. The van der Waals surface area contributed by atoms with Crippen LogP contribution in [0.5, 0.6) is 0 Å². The summed E-state index contributed by atoms with van der Waals surface area (Å²) < 4.78 is 4.73. The molecule has 3 N–H and O–H groups in total. The van der Waals surface area contributed by atoms with Crippen LogP contribution < -0.4 is 5.32 Å². The predicted molar refractivity (Wildman–Crippen MR) is 75.9 cm³/mol. The molecule has 1 heterocycles. The van der Waals surface area contributed by atoms with Crippen molar-refractivity contribution in [3.63, 3.8) is 0 Å². The van der Waals surface area contributed by atoms with Crippen molar-refractivity contribution in [3.8, 4) is 0 Å². The summed E-state index contributed by atoms with van der Waals surface area (Å²) in [6.45, 7) is -0.0508. The Labute approximate surface area is 121 Å². The molecular formula is C14H17N3O4.